The Morgan fingerprint density at radius 3 is 2.67 bits per heavy atom. The van der Waals surface area contributed by atoms with E-state index in [1.165, 1.54) is 11.1 Å². The second-order valence-corrected chi connectivity index (χ2v) is 9.17. The summed E-state index contributed by atoms with van der Waals surface area (Å²) in [5.74, 6) is 0.906. The molecular formula is C22H29N3OS. The Bertz CT molecular complexity index is 771. The van der Waals surface area contributed by atoms with Crippen molar-refractivity contribution in [3.63, 3.8) is 0 Å². The zero-order valence-corrected chi connectivity index (χ0v) is 17.2. The van der Waals surface area contributed by atoms with E-state index in [0.717, 1.165) is 57.7 Å². The van der Waals surface area contributed by atoms with Gasteiger partial charge in [-0.3, -0.25) is 9.69 Å². The molecule has 0 radical (unpaired) electrons. The van der Waals surface area contributed by atoms with Crippen LogP contribution in [-0.4, -0.2) is 40.3 Å². The van der Waals surface area contributed by atoms with E-state index < -0.39 is 0 Å². The van der Waals surface area contributed by atoms with Gasteiger partial charge in [0.05, 0.1) is 16.6 Å². The van der Waals surface area contributed by atoms with Crippen LogP contribution in [0.5, 0.6) is 0 Å². The van der Waals surface area contributed by atoms with Crippen LogP contribution in [0.1, 0.15) is 55.8 Å². The quantitative estimate of drug-likeness (QED) is 0.773. The molecule has 2 fully saturated rings. The lowest BCUT2D eigenvalue weighted by Gasteiger charge is -2.39. The van der Waals surface area contributed by atoms with Gasteiger partial charge in [-0.15, -0.1) is 11.3 Å². The summed E-state index contributed by atoms with van der Waals surface area (Å²) in [4.78, 5) is 22.3. The molecule has 2 aromatic rings. The van der Waals surface area contributed by atoms with Gasteiger partial charge in [0, 0.05) is 31.6 Å². The van der Waals surface area contributed by atoms with Crippen molar-refractivity contribution in [2.24, 2.45) is 5.41 Å². The third-order valence-corrected chi connectivity index (χ3v) is 6.78. The summed E-state index contributed by atoms with van der Waals surface area (Å²) in [6.45, 7) is 8.81. The summed E-state index contributed by atoms with van der Waals surface area (Å²) in [5, 5.41) is 2.11. The lowest BCUT2D eigenvalue weighted by molar-refractivity contribution is -0.146. The van der Waals surface area contributed by atoms with Crippen LogP contribution < -0.4 is 0 Å². The normalized spacial score (nSPS) is 23.7. The van der Waals surface area contributed by atoms with E-state index in [1.54, 1.807) is 11.3 Å². The second kappa shape index (κ2) is 7.72. The number of aromatic nitrogens is 1. The van der Waals surface area contributed by atoms with Crippen LogP contribution in [0.4, 0.5) is 0 Å². The molecule has 1 aromatic heterocycles. The first kappa shape index (κ1) is 18.6. The summed E-state index contributed by atoms with van der Waals surface area (Å²) in [6.07, 6.45) is 3.13. The summed E-state index contributed by atoms with van der Waals surface area (Å²) < 4.78 is 0. The average molecular weight is 384 g/mol. The predicted octanol–water partition coefficient (Wildman–Crippen LogP) is 4.28. The molecule has 2 saturated heterocycles. The highest BCUT2D eigenvalue weighted by Gasteiger charge is 2.48. The van der Waals surface area contributed by atoms with Gasteiger partial charge in [0.1, 0.15) is 0 Å². The minimum atomic E-state index is -0.174. The minimum Gasteiger partial charge on any atom is -0.338 e. The van der Waals surface area contributed by atoms with E-state index in [1.807, 2.05) is 5.51 Å². The Hall–Kier alpha value is -1.72. The lowest BCUT2D eigenvalue weighted by atomic mass is 9.78. The first-order chi connectivity index (χ1) is 13.1. The number of nitrogens with zero attached hydrogens (tertiary/aromatic N) is 3. The van der Waals surface area contributed by atoms with Crippen molar-refractivity contribution in [3.8, 4) is 0 Å². The van der Waals surface area contributed by atoms with Crippen LogP contribution in [0.3, 0.4) is 0 Å². The van der Waals surface area contributed by atoms with E-state index >= 15 is 0 Å². The van der Waals surface area contributed by atoms with Gasteiger partial charge in [0.25, 0.3) is 0 Å². The second-order valence-electron chi connectivity index (χ2n) is 8.45. The number of carbonyl (C=O) groups is 1. The molecule has 144 valence electrons. The number of likely N-dealkylation sites (tertiary alicyclic amines) is 2. The van der Waals surface area contributed by atoms with Crippen molar-refractivity contribution in [2.45, 2.75) is 52.1 Å². The van der Waals surface area contributed by atoms with Crippen LogP contribution in [0.25, 0.3) is 0 Å². The molecule has 0 bridgehead atoms. The van der Waals surface area contributed by atoms with Crippen molar-refractivity contribution < 1.29 is 4.79 Å². The molecule has 4 nitrogen and oxygen atoms in total. The molecular weight excluding hydrogens is 354 g/mol. The number of piperidine rings is 1. The van der Waals surface area contributed by atoms with Crippen molar-refractivity contribution >= 4 is 17.2 Å². The maximum atomic E-state index is 13.4. The van der Waals surface area contributed by atoms with Crippen LogP contribution in [-0.2, 0) is 17.9 Å². The first-order valence-corrected chi connectivity index (χ1v) is 11.0. The lowest BCUT2D eigenvalue weighted by Crippen LogP contribution is -2.49. The van der Waals surface area contributed by atoms with Crippen molar-refractivity contribution in [2.75, 3.05) is 19.6 Å². The molecule has 0 N–H and O–H groups in total. The number of rotatable bonds is 5. The number of amides is 1. The number of carbonyl (C=O) groups excluding carboxylic acids is 1. The molecule has 0 unspecified atom stereocenters. The fraction of sp³-hybridized carbons (Fsp3) is 0.545. The van der Waals surface area contributed by atoms with Gasteiger partial charge in [0.2, 0.25) is 5.91 Å². The van der Waals surface area contributed by atoms with Gasteiger partial charge in [-0.05, 0) is 42.9 Å². The monoisotopic (exact) mass is 383 g/mol. The maximum absolute atomic E-state index is 13.4. The molecule has 0 aliphatic carbocycles. The van der Waals surface area contributed by atoms with Gasteiger partial charge in [-0.2, -0.15) is 0 Å². The van der Waals surface area contributed by atoms with Crippen LogP contribution in [0.15, 0.2) is 35.2 Å². The van der Waals surface area contributed by atoms with Gasteiger partial charge >= 0.3 is 0 Å². The largest absolute Gasteiger partial charge is 0.338 e. The molecule has 1 spiro atoms. The minimum absolute atomic E-state index is 0.174. The molecule has 5 heteroatoms. The van der Waals surface area contributed by atoms with Crippen LogP contribution in [0, 0.1) is 5.41 Å². The Morgan fingerprint density at radius 2 is 1.96 bits per heavy atom. The van der Waals surface area contributed by atoms with E-state index in [9.17, 15) is 4.79 Å². The predicted molar refractivity (Wildman–Crippen MR) is 110 cm³/mol. The fourth-order valence-corrected chi connectivity index (χ4v) is 5.10. The zero-order valence-electron chi connectivity index (χ0n) is 16.4. The molecule has 1 aromatic carbocycles. The number of hydrogen-bond donors (Lipinski definition) is 0. The fourth-order valence-electron chi connectivity index (χ4n) is 4.55. The summed E-state index contributed by atoms with van der Waals surface area (Å²) in [6, 6.07) is 8.78. The average Bonchev–Trinajstić information content (AvgIpc) is 3.31. The Balaban J connectivity index is 1.41. The smallest absolute Gasteiger partial charge is 0.230 e. The standard InChI is InChI=1S/C22H29N3OS/c1-17(2)19-6-4-18(5-7-19)12-25-10-3-8-22(21(25)26)9-11-24(15-22)13-20-14-27-16-23-20/h4-7,14,16-17H,3,8-13,15H2,1-2H3/t22-/m0/s1. The molecule has 2 aliphatic rings. The van der Waals surface area contributed by atoms with Gasteiger partial charge in [0.15, 0.2) is 0 Å². The maximum Gasteiger partial charge on any atom is 0.230 e. The van der Waals surface area contributed by atoms with Crippen molar-refractivity contribution in [1.82, 2.24) is 14.8 Å². The zero-order chi connectivity index (χ0) is 18.9. The third kappa shape index (κ3) is 3.94. The van der Waals surface area contributed by atoms with Crippen molar-refractivity contribution in [1.29, 1.82) is 0 Å². The van der Waals surface area contributed by atoms with Gasteiger partial charge in [-0.1, -0.05) is 38.1 Å². The topological polar surface area (TPSA) is 36.4 Å². The Kier molecular flexibility index (Phi) is 5.33. The third-order valence-electron chi connectivity index (χ3n) is 6.15. The van der Waals surface area contributed by atoms with Crippen LogP contribution >= 0.6 is 11.3 Å². The number of thiazole rings is 1. The Labute approximate surface area is 166 Å². The summed E-state index contributed by atoms with van der Waals surface area (Å²) >= 11 is 1.64. The van der Waals surface area contributed by atoms with Crippen molar-refractivity contribution in [3.05, 3.63) is 52.0 Å². The highest BCUT2D eigenvalue weighted by molar-refractivity contribution is 7.07. The van der Waals surface area contributed by atoms with Gasteiger partial charge < -0.3 is 4.90 Å². The molecule has 1 amide bonds. The molecule has 1 atom stereocenters. The van der Waals surface area contributed by atoms with E-state index in [2.05, 4.69) is 58.3 Å². The van der Waals surface area contributed by atoms with Crippen LogP contribution in [0.2, 0.25) is 0 Å². The highest BCUT2D eigenvalue weighted by Crippen LogP contribution is 2.41. The molecule has 3 heterocycles. The molecule has 2 aliphatic heterocycles. The first-order valence-electron chi connectivity index (χ1n) is 10.0. The molecule has 0 saturated carbocycles. The highest BCUT2D eigenvalue weighted by atomic mass is 32.1. The summed E-state index contributed by atoms with van der Waals surface area (Å²) in [5.41, 5.74) is 5.43. The van der Waals surface area contributed by atoms with E-state index in [-0.39, 0.29) is 5.41 Å². The summed E-state index contributed by atoms with van der Waals surface area (Å²) in [7, 11) is 0. The number of hydrogen-bond acceptors (Lipinski definition) is 4. The van der Waals surface area contributed by atoms with E-state index in [4.69, 9.17) is 0 Å². The van der Waals surface area contributed by atoms with Gasteiger partial charge in [-0.25, -0.2) is 4.98 Å². The van der Waals surface area contributed by atoms with E-state index in [0.29, 0.717) is 11.8 Å². The number of benzene rings is 1. The molecule has 27 heavy (non-hydrogen) atoms. The molecule has 4 rings (SSSR count). The Morgan fingerprint density at radius 1 is 1.15 bits per heavy atom. The SMILES string of the molecule is CC(C)c1ccc(CN2CCC[C@@]3(CCN(Cc4cscn4)C3)C2=O)cc1.